The molecule has 0 bridgehead atoms. The van der Waals surface area contributed by atoms with Crippen LogP contribution in [0.25, 0.3) is 0 Å². The summed E-state index contributed by atoms with van der Waals surface area (Å²) in [4.78, 5) is 37.0. The highest BCUT2D eigenvalue weighted by molar-refractivity contribution is 5.96. The largest absolute Gasteiger partial charge is 0.349 e. The minimum atomic E-state index is -0.550. The van der Waals surface area contributed by atoms with Crippen LogP contribution in [0.3, 0.4) is 0 Å². The van der Waals surface area contributed by atoms with Crippen LogP contribution in [0.15, 0.2) is 48.5 Å². The Bertz CT molecular complexity index is 927. The molecule has 3 N–H and O–H groups in total. The fourth-order valence-corrected chi connectivity index (χ4v) is 3.74. The van der Waals surface area contributed by atoms with Crippen molar-refractivity contribution >= 4 is 29.1 Å². The number of carbonyl (C=O) groups excluding carboxylic acids is 3. The summed E-state index contributed by atoms with van der Waals surface area (Å²) in [6.45, 7) is 1.74. The average Bonchev–Trinajstić information content (AvgIpc) is 2.77. The monoisotopic (exact) mass is 425 g/mol. The van der Waals surface area contributed by atoms with Crippen LogP contribution >= 0.6 is 0 Å². The van der Waals surface area contributed by atoms with Crippen LogP contribution in [0.2, 0.25) is 0 Å². The summed E-state index contributed by atoms with van der Waals surface area (Å²) < 4.78 is 14.2. The van der Waals surface area contributed by atoms with Gasteiger partial charge in [0, 0.05) is 29.6 Å². The van der Waals surface area contributed by atoms with E-state index in [1.54, 1.807) is 31.2 Å². The van der Waals surface area contributed by atoms with Crippen molar-refractivity contribution in [3.05, 3.63) is 59.9 Å². The zero-order valence-corrected chi connectivity index (χ0v) is 17.6. The van der Waals surface area contributed by atoms with Crippen LogP contribution in [0.4, 0.5) is 15.8 Å². The Kier molecular flexibility index (Phi) is 7.76. The molecule has 1 fully saturated rings. The molecular formula is C24H28FN3O3. The number of benzene rings is 2. The zero-order chi connectivity index (χ0) is 22.2. The van der Waals surface area contributed by atoms with Gasteiger partial charge in [0.05, 0.1) is 5.69 Å². The molecule has 0 saturated heterocycles. The Morgan fingerprint density at radius 3 is 2.42 bits per heavy atom. The minimum absolute atomic E-state index is 0.0544. The van der Waals surface area contributed by atoms with Crippen molar-refractivity contribution < 1.29 is 18.8 Å². The van der Waals surface area contributed by atoms with E-state index in [1.165, 1.54) is 18.2 Å². The maximum Gasteiger partial charge on any atom is 0.251 e. The average molecular weight is 426 g/mol. The molecule has 6 nitrogen and oxygen atoms in total. The molecule has 0 radical (unpaired) electrons. The standard InChI is InChI=1S/C24H28FN3O3/c1-16(26-23(30)17-8-4-2-5-9-17)14-22(29)27-19-12-13-20(25)21(15-19)28-24(31)18-10-6-3-7-11-18/h2,4-5,8-9,12-13,15-16,18H,3,6-7,10-11,14H2,1H3,(H,26,30)(H,27,29)(H,28,31). The Balaban J connectivity index is 1.54. The summed E-state index contributed by atoms with van der Waals surface area (Å²) in [6, 6.07) is 12.4. The first-order valence-electron chi connectivity index (χ1n) is 10.7. The summed E-state index contributed by atoms with van der Waals surface area (Å²) in [5.41, 5.74) is 0.956. The van der Waals surface area contributed by atoms with Crippen LogP contribution in [0, 0.1) is 11.7 Å². The van der Waals surface area contributed by atoms with Gasteiger partial charge in [-0.3, -0.25) is 14.4 Å². The van der Waals surface area contributed by atoms with Gasteiger partial charge in [0.2, 0.25) is 11.8 Å². The van der Waals surface area contributed by atoms with Gasteiger partial charge in [-0.05, 0) is 50.1 Å². The van der Waals surface area contributed by atoms with Crippen LogP contribution in [0.5, 0.6) is 0 Å². The smallest absolute Gasteiger partial charge is 0.251 e. The number of anilines is 2. The highest BCUT2D eigenvalue weighted by Crippen LogP contribution is 2.26. The molecule has 7 heteroatoms. The second-order valence-electron chi connectivity index (χ2n) is 8.01. The van der Waals surface area contributed by atoms with Crippen molar-refractivity contribution in [1.29, 1.82) is 0 Å². The molecule has 2 aromatic rings. The maximum atomic E-state index is 14.2. The van der Waals surface area contributed by atoms with Gasteiger partial charge in [0.15, 0.2) is 0 Å². The normalized spacial score (nSPS) is 15.0. The molecule has 164 valence electrons. The highest BCUT2D eigenvalue weighted by Gasteiger charge is 2.22. The predicted molar refractivity (Wildman–Crippen MR) is 118 cm³/mol. The van der Waals surface area contributed by atoms with Crippen molar-refractivity contribution in [3.63, 3.8) is 0 Å². The highest BCUT2D eigenvalue weighted by atomic mass is 19.1. The second-order valence-corrected chi connectivity index (χ2v) is 8.01. The Hall–Kier alpha value is -3.22. The lowest BCUT2D eigenvalue weighted by Gasteiger charge is -2.21. The molecular weight excluding hydrogens is 397 g/mol. The summed E-state index contributed by atoms with van der Waals surface area (Å²) in [7, 11) is 0. The lowest BCUT2D eigenvalue weighted by atomic mass is 9.88. The SMILES string of the molecule is CC(CC(=O)Nc1ccc(F)c(NC(=O)C2CCCCC2)c1)NC(=O)c1ccccc1. The van der Waals surface area contributed by atoms with Gasteiger partial charge in [-0.15, -0.1) is 0 Å². The van der Waals surface area contributed by atoms with E-state index < -0.39 is 11.9 Å². The van der Waals surface area contributed by atoms with Gasteiger partial charge in [-0.2, -0.15) is 0 Å². The molecule has 3 amide bonds. The van der Waals surface area contributed by atoms with Gasteiger partial charge < -0.3 is 16.0 Å². The van der Waals surface area contributed by atoms with Crippen LogP contribution in [-0.4, -0.2) is 23.8 Å². The molecule has 0 aromatic heterocycles. The predicted octanol–water partition coefficient (Wildman–Crippen LogP) is 4.49. The van der Waals surface area contributed by atoms with Crippen LogP contribution < -0.4 is 16.0 Å². The lowest BCUT2D eigenvalue weighted by molar-refractivity contribution is -0.120. The number of halogens is 1. The molecule has 1 aliphatic rings. The molecule has 1 saturated carbocycles. The summed E-state index contributed by atoms with van der Waals surface area (Å²) >= 11 is 0. The van der Waals surface area contributed by atoms with E-state index in [0.29, 0.717) is 11.3 Å². The first-order chi connectivity index (χ1) is 14.9. The Labute approximate surface area is 181 Å². The molecule has 1 atom stereocenters. The number of hydrogen-bond acceptors (Lipinski definition) is 3. The fraction of sp³-hybridized carbons (Fsp3) is 0.375. The van der Waals surface area contributed by atoms with Gasteiger partial charge >= 0.3 is 0 Å². The van der Waals surface area contributed by atoms with Crippen molar-refractivity contribution in [1.82, 2.24) is 5.32 Å². The third-order valence-electron chi connectivity index (χ3n) is 5.39. The molecule has 2 aromatic carbocycles. The number of amides is 3. The van der Waals surface area contributed by atoms with E-state index in [0.717, 1.165) is 32.1 Å². The summed E-state index contributed by atoms with van der Waals surface area (Å²) in [5.74, 6) is -1.40. The first kappa shape index (κ1) is 22.5. The third kappa shape index (κ3) is 6.64. The van der Waals surface area contributed by atoms with Crippen LogP contribution in [0.1, 0.15) is 55.8 Å². The fourth-order valence-electron chi connectivity index (χ4n) is 3.74. The van der Waals surface area contributed by atoms with Crippen LogP contribution in [-0.2, 0) is 9.59 Å². The van der Waals surface area contributed by atoms with E-state index >= 15 is 0 Å². The van der Waals surface area contributed by atoms with Crippen molar-refractivity contribution in [2.45, 2.75) is 51.5 Å². The number of rotatable bonds is 7. The summed E-state index contributed by atoms with van der Waals surface area (Å²) in [5, 5.41) is 8.13. The van der Waals surface area contributed by atoms with E-state index in [1.807, 2.05) is 6.07 Å². The third-order valence-corrected chi connectivity index (χ3v) is 5.39. The van der Waals surface area contributed by atoms with Crippen molar-refractivity contribution in [3.8, 4) is 0 Å². The van der Waals surface area contributed by atoms with E-state index in [-0.39, 0.29) is 35.7 Å². The molecule has 31 heavy (non-hydrogen) atoms. The Morgan fingerprint density at radius 1 is 1.00 bits per heavy atom. The van der Waals surface area contributed by atoms with Crippen molar-refractivity contribution in [2.75, 3.05) is 10.6 Å². The molecule has 3 rings (SSSR count). The molecule has 1 aliphatic carbocycles. The number of carbonyl (C=O) groups is 3. The van der Waals surface area contributed by atoms with Gasteiger partial charge in [-0.1, -0.05) is 37.5 Å². The molecule has 0 spiro atoms. The maximum absolute atomic E-state index is 14.2. The molecule has 0 heterocycles. The number of nitrogens with one attached hydrogen (secondary N) is 3. The van der Waals surface area contributed by atoms with Gasteiger partial charge in [0.1, 0.15) is 5.82 Å². The number of hydrogen-bond donors (Lipinski definition) is 3. The summed E-state index contributed by atoms with van der Waals surface area (Å²) in [6.07, 6.45) is 4.84. The Morgan fingerprint density at radius 2 is 1.71 bits per heavy atom. The zero-order valence-electron chi connectivity index (χ0n) is 17.6. The minimum Gasteiger partial charge on any atom is -0.349 e. The van der Waals surface area contributed by atoms with E-state index in [4.69, 9.17) is 0 Å². The molecule has 0 aliphatic heterocycles. The van der Waals surface area contributed by atoms with E-state index in [2.05, 4.69) is 16.0 Å². The van der Waals surface area contributed by atoms with Crippen molar-refractivity contribution in [2.24, 2.45) is 5.92 Å². The topological polar surface area (TPSA) is 87.3 Å². The van der Waals surface area contributed by atoms with E-state index in [9.17, 15) is 18.8 Å². The lowest BCUT2D eigenvalue weighted by Crippen LogP contribution is -2.35. The molecule has 1 unspecified atom stereocenters. The first-order valence-corrected chi connectivity index (χ1v) is 10.7. The van der Waals surface area contributed by atoms with Gasteiger partial charge in [-0.25, -0.2) is 4.39 Å². The van der Waals surface area contributed by atoms with Gasteiger partial charge in [0.25, 0.3) is 5.91 Å². The second kappa shape index (κ2) is 10.7. The quantitative estimate of drug-likeness (QED) is 0.611.